The van der Waals surface area contributed by atoms with Gasteiger partial charge >= 0.3 is 6.03 Å². The van der Waals surface area contributed by atoms with Gasteiger partial charge in [0.2, 0.25) is 0 Å². The van der Waals surface area contributed by atoms with E-state index in [-0.39, 0.29) is 6.03 Å². The molecule has 1 saturated heterocycles. The molecule has 2 aromatic rings. The molecule has 1 fully saturated rings. The van der Waals surface area contributed by atoms with Gasteiger partial charge in [0.15, 0.2) is 0 Å². The SMILES string of the molecule is COc1ccc(NC(=O)NCC2CCCN2c2ccccc2)c(OC)c1. The summed E-state index contributed by atoms with van der Waals surface area (Å²) >= 11 is 0. The lowest BCUT2D eigenvalue weighted by atomic mass is 10.2. The lowest BCUT2D eigenvalue weighted by molar-refractivity contribution is 0.251. The molecule has 6 heteroatoms. The van der Waals surface area contributed by atoms with Gasteiger partial charge in [-0.15, -0.1) is 0 Å². The third-order valence-corrected chi connectivity index (χ3v) is 4.62. The van der Waals surface area contributed by atoms with Gasteiger partial charge in [-0.3, -0.25) is 0 Å². The number of carbonyl (C=O) groups excluding carboxylic acids is 1. The summed E-state index contributed by atoms with van der Waals surface area (Å²) in [6.07, 6.45) is 2.20. The number of urea groups is 1. The van der Waals surface area contributed by atoms with Crippen LogP contribution in [0.25, 0.3) is 0 Å². The first-order valence-electron chi connectivity index (χ1n) is 8.80. The number of nitrogens with zero attached hydrogens (tertiary/aromatic N) is 1. The highest BCUT2D eigenvalue weighted by molar-refractivity contribution is 5.91. The molecule has 0 radical (unpaired) electrons. The van der Waals surface area contributed by atoms with E-state index >= 15 is 0 Å². The first kappa shape index (κ1) is 17.9. The largest absolute Gasteiger partial charge is 0.497 e. The van der Waals surface area contributed by atoms with Crippen LogP contribution in [-0.2, 0) is 0 Å². The second-order valence-corrected chi connectivity index (χ2v) is 6.23. The van der Waals surface area contributed by atoms with Crippen LogP contribution in [0.1, 0.15) is 12.8 Å². The lowest BCUT2D eigenvalue weighted by Crippen LogP contribution is -2.41. The molecule has 2 amide bonds. The number of ether oxygens (including phenoxy) is 2. The molecule has 1 aliphatic heterocycles. The maximum atomic E-state index is 12.3. The summed E-state index contributed by atoms with van der Waals surface area (Å²) in [5, 5.41) is 5.82. The molecular formula is C20H25N3O3. The number of carbonyl (C=O) groups is 1. The van der Waals surface area contributed by atoms with Crippen molar-refractivity contribution < 1.29 is 14.3 Å². The highest BCUT2D eigenvalue weighted by atomic mass is 16.5. The van der Waals surface area contributed by atoms with Crippen LogP contribution in [-0.4, -0.2) is 39.4 Å². The van der Waals surface area contributed by atoms with Crippen LogP contribution in [0.4, 0.5) is 16.2 Å². The van der Waals surface area contributed by atoms with E-state index in [1.165, 1.54) is 5.69 Å². The molecular weight excluding hydrogens is 330 g/mol. The molecule has 0 aliphatic carbocycles. The van der Waals surface area contributed by atoms with Gasteiger partial charge in [0.25, 0.3) is 0 Å². The molecule has 0 spiro atoms. The molecule has 1 heterocycles. The van der Waals surface area contributed by atoms with Gasteiger partial charge in [0.05, 0.1) is 19.9 Å². The highest BCUT2D eigenvalue weighted by Crippen LogP contribution is 2.29. The predicted octanol–water partition coefficient (Wildman–Crippen LogP) is 3.49. The average Bonchev–Trinajstić information content (AvgIpc) is 3.16. The van der Waals surface area contributed by atoms with E-state index in [1.54, 1.807) is 32.4 Å². The second-order valence-electron chi connectivity index (χ2n) is 6.23. The van der Waals surface area contributed by atoms with Gasteiger partial charge in [0.1, 0.15) is 11.5 Å². The van der Waals surface area contributed by atoms with E-state index in [4.69, 9.17) is 9.47 Å². The number of anilines is 2. The molecule has 1 unspecified atom stereocenters. The Morgan fingerprint density at radius 3 is 2.69 bits per heavy atom. The maximum Gasteiger partial charge on any atom is 0.319 e. The van der Waals surface area contributed by atoms with E-state index in [0.29, 0.717) is 29.8 Å². The van der Waals surface area contributed by atoms with Crippen molar-refractivity contribution in [3.8, 4) is 11.5 Å². The molecule has 138 valence electrons. The van der Waals surface area contributed by atoms with E-state index in [1.807, 2.05) is 18.2 Å². The van der Waals surface area contributed by atoms with E-state index in [0.717, 1.165) is 19.4 Å². The second kappa shape index (κ2) is 8.47. The molecule has 3 rings (SSSR count). The van der Waals surface area contributed by atoms with Gasteiger partial charge in [0, 0.05) is 30.9 Å². The number of benzene rings is 2. The van der Waals surface area contributed by atoms with Crippen molar-refractivity contribution in [1.29, 1.82) is 0 Å². The Morgan fingerprint density at radius 2 is 1.96 bits per heavy atom. The maximum absolute atomic E-state index is 12.3. The molecule has 1 aliphatic rings. The van der Waals surface area contributed by atoms with Crippen LogP contribution < -0.4 is 25.0 Å². The summed E-state index contributed by atoms with van der Waals surface area (Å²) in [5.41, 5.74) is 1.81. The van der Waals surface area contributed by atoms with Crippen molar-refractivity contribution in [2.24, 2.45) is 0 Å². The Morgan fingerprint density at radius 1 is 1.15 bits per heavy atom. The molecule has 26 heavy (non-hydrogen) atoms. The number of hydrogen-bond donors (Lipinski definition) is 2. The molecule has 1 atom stereocenters. The van der Waals surface area contributed by atoms with E-state index < -0.39 is 0 Å². The summed E-state index contributed by atoms with van der Waals surface area (Å²) in [4.78, 5) is 14.7. The number of amides is 2. The summed E-state index contributed by atoms with van der Waals surface area (Å²) in [6, 6.07) is 15.7. The summed E-state index contributed by atoms with van der Waals surface area (Å²) < 4.78 is 10.5. The van der Waals surface area contributed by atoms with Crippen LogP contribution in [0.5, 0.6) is 11.5 Å². The molecule has 2 aromatic carbocycles. The molecule has 0 aromatic heterocycles. The molecule has 6 nitrogen and oxygen atoms in total. The standard InChI is InChI=1S/C20H25N3O3/c1-25-17-10-11-18(19(13-17)26-2)22-20(24)21-14-16-9-6-12-23(16)15-7-4-3-5-8-15/h3-5,7-8,10-11,13,16H,6,9,12,14H2,1-2H3,(H2,21,22,24). The van der Waals surface area contributed by atoms with Gasteiger partial charge in [-0.05, 0) is 37.1 Å². The van der Waals surface area contributed by atoms with Crippen LogP contribution in [0, 0.1) is 0 Å². The smallest absolute Gasteiger partial charge is 0.319 e. The minimum absolute atomic E-state index is 0.242. The third kappa shape index (κ3) is 4.20. The zero-order chi connectivity index (χ0) is 18.4. The Bertz CT molecular complexity index is 736. The van der Waals surface area contributed by atoms with Crippen LogP contribution in [0.15, 0.2) is 48.5 Å². The number of hydrogen-bond acceptors (Lipinski definition) is 4. The molecule has 2 N–H and O–H groups in total. The van der Waals surface area contributed by atoms with Crippen molar-refractivity contribution in [1.82, 2.24) is 5.32 Å². The third-order valence-electron chi connectivity index (χ3n) is 4.62. The first-order valence-corrected chi connectivity index (χ1v) is 8.80. The zero-order valence-corrected chi connectivity index (χ0v) is 15.2. The normalized spacial score (nSPS) is 16.2. The van der Waals surface area contributed by atoms with Crippen molar-refractivity contribution in [3.05, 3.63) is 48.5 Å². The lowest BCUT2D eigenvalue weighted by Gasteiger charge is -2.27. The van der Waals surface area contributed by atoms with Crippen molar-refractivity contribution in [2.45, 2.75) is 18.9 Å². The van der Waals surface area contributed by atoms with Crippen LogP contribution >= 0.6 is 0 Å². The van der Waals surface area contributed by atoms with Crippen LogP contribution in [0.2, 0.25) is 0 Å². The summed E-state index contributed by atoms with van der Waals surface area (Å²) in [7, 11) is 3.16. The number of rotatable bonds is 6. The van der Waals surface area contributed by atoms with Gasteiger partial charge in [-0.1, -0.05) is 18.2 Å². The van der Waals surface area contributed by atoms with Crippen LogP contribution in [0.3, 0.4) is 0 Å². The van der Waals surface area contributed by atoms with E-state index in [2.05, 4.69) is 27.7 Å². The monoisotopic (exact) mass is 355 g/mol. The van der Waals surface area contributed by atoms with Gasteiger partial charge < -0.3 is 25.0 Å². The number of methoxy groups -OCH3 is 2. The average molecular weight is 355 g/mol. The summed E-state index contributed by atoms with van der Waals surface area (Å²) in [6.45, 7) is 1.61. The molecule has 0 saturated carbocycles. The van der Waals surface area contributed by atoms with Gasteiger partial charge in [-0.2, -0.15) is 0 Å². The van der Waals surface area contributed by atoms with Crippen molar-refractivity contribution >= 4 is 17.4 Å². The topological polar surface area (TPSA) is 62.8 Å². The number of para-hydroxylation sites is 1. The Balaban J connectivity index is 1.57. The fourth-order valence-corrected chi connectivity index (χ4v) is 3.29. The Labute approximate surface area is 154 Å². The highest BCUT2D eigenvalue weighted by Gasteiger charge is 2.25. The van der Waals surface area contributed by atoms with E-state index in [9.17, 15) is 4.79 Å². The predicted molar refractivity (Wildman–Crippen MR) is 103 cm³/mol. The van der Waals surface area contributed by atoms with Gasteiger partial charge in [-0.25, -0.2) is 4.79 Å². The first-order chi connectivity index (χ1) is 12.7. The van der Waals surface area contributed by atoms with Crippen molar-refractivity contribution in [2.75, 3.05) is 37.5 Å². The fourth-order valence-electron chi connectivity index (χ4n) is 3.29. The minimum Gasteiger partial charge on any atom is -0.497 e. The Hall–Kier alpha value is -2.89. The molecule has 0 bridgehead atoms. The Kier molecular flexibility index (Phi) is 5.84. The minimum atomic E-state index is -0.242. The fraction of sp³-hybridized carbons (Fsp3) is 0.350. The van der Waals surface area contributed by atoms with Crippen molar-refractivity contribution in [3.63, 3.8) is 0 Å². The zero-order valence-electron chi connectivity index (χ0n) is 15.2. The quantitative estimate of drug-likeness (QED) is 0.833. The number of nitrogens with one attached hydrogen (secondary N) is 2. The summed E-state index contributed by atoms with van der Waals surface area (Å²) in [5.74, 6) is 1.24.